The van der Waals surface area contributed by atoms with Crippen LogP contribution < -0.4 is 5.56 Å². The molecule has 0 aromatic carbocycles. The molecule has 1 aromatic rings. The van der Waals surface area contributed by atoms with Gasteiger partial charge in [0.1, 0.15) is 6.07 Å². The Morgan fingerprint density at radius 3 is 2.58 bits per heavy atom. The van der Waals surface area contributed by atoms with Gasteiger partial charge in [-0.25, -0.2) is 0 Å². The molecule has 0 unspecified atom stereocenters. The summed E-state index contributed by atoms with van der Waals surface area (Å²) in [5.41, 5.74) is 1.65. The average molecular weight is 227 g/mol. The van der Waals surface area contributed by atoms with E-state index in [4.69, 9.17) is 5.26 Å². The van der Waals surface area contributed by atoms with E-state index in [1.165, 1.54) is 0 Å². The van der Waals surface area contributed by atoms with Crippen molar-refractivity contribution >= 4 is 15.9 Å². The summed E-state index contributed by atoms with van der Waals surface area (Å²) in [5, 5.41) is 8.72. The second-order valence-electron chi connectivity index (χ2n) is 2.50. The topological polar surface area (TPSA) is 56.6 Å². The van der Waals surface area contributed by atoms with Crippen LogP contribution in [-0.2, 0) is 0 Å². The zero-order valence-corrected chi connectivity index (χ0v) is 8.32. The van der Waals surface area contributed by atoms with Gasteiger partial charge >= 0.3 is 0 Å². The maximum atomic E-state index is 11.1. The zero-order valence-electron chi connectivity index (χ0n) is 6.73. The Balaban J connectivity index is 3.66. The second-order valence-corrected chi connectivity index (χ2v) is 3.30. The van der Waals surface area contributed by atoms with Crippen LogP contribution in [0.4, 0.5) is 0 Å². The smallest absolute Gasteiger partial charge is 0.262 e. The van der Waals surface area contributed by atoms with Gasteiger partial charge in [0.2, 0.25) is 0 Å². The molecular weight excluding hydrogens is 220 g/mol. The van der Waals surface area contributed by atoms with Gasteiger partial charge < -0.3 is 4.98 Å². The molecule has 0 spiro atoms. The molecule has 0 aliphatic rings. The first-order chi connectivity index (χ1) is 5.57. The van der Waals surface area contributed by atoms with E-state index in [0.29, 0.717) is 21.3 Å². The molecule has 1 aromatic heterocycles. The molecule has 3 nitrogen and oxygen atoms in total. The van der Waals surface area contributed by atoms with Gasteiger partial charge in [-0.05, 0) is 35.3 Å². The number of aromatic amines is 1. The highest BCUT2D eigenvalue weighted by Gasteiger charge is 2.08. The standard InChI is InChI=1S/C8H7BrN2O/c1-4-6(3-10)5(2)11-8(12)7(4)9/h1-2H3,(H,11,12). The third-order valence-corrected chi connectivity index (χ3v) is 2.65. The SMILES string of the molecule is Cc1[nH]c(=O)c(Br)c(C)c1C#N. The number of pyridine rings is 1. The van der Waals surface area contributed by atoms with Crippen molar-refractivity contribution in [3.8, 4) is 6.07 Å². The fourth-order valence-corrected chi connectivity index (χ4v) is 1.31. The Bertz CT molecular complexity index is 414. The van der Waals surface area contributed by atoms with Gasteiger partial charge in [-0.3, -0.25) is 4.79 Å². The van der Waals surface area contributed by atoms with E-state index in [-0.39, 0.29) is 5.56 Å². The molecule has 0 amide bonds. The van der Waals surface area contributed by atoms with Crippen molar-refractivity contribution < 1.29 is 0 Å². The predicted octanol–water partition coefficient (Wildman–Crippen LogP) is 1.63. The highest BCUT2D eigenvalue weighted by molar-refractivity contribution is 9.10. The maximum absolute atomic E-state index is 11.1. The lowest BCUT2D eigenvalue weighted by Gasteiger charge is -2.02. The van der Waals surface area contributed by atoms with Crippen molar-refractivity contribution in [2.45, 2.75) is 13.8 Å². The Labute approximate surface area is 78.2 Å². The minimum Gasteiger partial charge on any atom is -0.324 e. The normalized spacial score (nSPS) is 9.50. The Morgan fingerprint density at radius 2 is 2.08 bits per heavy atom. The summed E-state index contributed by atoms with van der Waals surface area (Å²) >= 11 is 3.11. The van der Waals surface area contributed by atoms with Crippen LogP contribution in [0.25, 0.3) is 0 Å². The van der Waals surface area contributed by atoms with Crippen molar-refractivity contribution in [3.63, 3.8) is 0 Å². The van der Waals surface area contributed by atoms with Gasteiger partial charge in [0.15, 0.2) is 0 Å². The van der Waals surface area contributed by atoms with Crippen LogP contribution >= 0.6 is 15.9 Å². The molecule has 1 heterocycles. The molecule has 4 heteroatoms. The average Bonchev–Trinajstić information content (AvgIpc) is 2.01. The summed E-state index contributed by atoms with van der Waals surface area (Å²) in [6, 6.07) is 2.03. The molecule has 1 rings (SSSR count). The zero-order chi connectivity index (χ0) is 9.30. The van der Waals surface area contributed by atoms with Crippen LogP contribution in [-0.4, -0.2) is 4.98 Å². The van der Waals surface area contributed by atoms with Crippen molar-refractivity contribution in [1.29, 1.82) is 5.26 Å². The van der Waals surface area contributed by atoms with E-state index in [9.17, 15) is 4.79 Å². The van der Waals surface area contributed by atoms with Gasteiger partial charge in [0.25, 0.3) is 5.56 Å². The lowest BCUT2D eigenvalue weighted by atomic mass is 10.1. The highest BCUT2D eigenvalue weighted by Crippen LogP contribution is 2.15. The number of nitriles is 1. The lowest BCUT2D eigenvalue weighted by molar-refractivity contribution is 1.09. The van der Waals surface area contributed by atoms with E-state index >= 15 is 0 Å². The van der Waals surface area contributed by atoms with Crippen LogP contribution in [0.5, 0.6) is 0 Å². The molecular formula is C8H7BrN2O. The molecule has 12 heavy (non-hydrogen) atoms. The summed E-state index contributed by atoms with van der Waals surface area (Å²) in [6.45, 7) is 3.45. The van der Waals surface area contributed by atoms with Gasteiger partial charge in [0.05, 0.1) is 10.0 Å². The third kappa shape index (κ3) is 1.28. The number of halogens is 1. The molecule has 0 fully saturated rings. The van der Waals surface area contributed by atoms with Crippen molar-refractivity contribution in [2.75, 3.05) is 0 Å². The maximum Gasteiger partial charge on any atom is 0.262 e. The summed E-state index contributed by atoms with van der Waals surface area (Å²) in [4.78, 5) is 13.7. The van der Waals surface area contributed by atoms with Gasteiger partial charge in [-0.2, -0.15) is 5.26 Å². The first-order valence-electron chi connectivity index (χ1n) is 3.37. The van der Waals surface area contributed by atoms with Crippen LogP contribution in [0, 0.1) is 25.2 Å². The summed E-state index contributed by atoms with van der Waals surface area (Å²) in [5.74, 6) is 0. The molecule has 0 aliphatic heterocycles. The molecule has 0 aliphatic carbocycles. The fourth-order valence-electron chi connectivity index (χ4n) is 1.02. The number of hydrogen-bond acceptors (Lipinski definition) is 2. The molecule has 62 valence electrons. The monoisotopic (exact) mass is 226 g/mol. The molecule has 0 saturated heterocycles. The summed E-state index contributed by atoms with van der Waals surface area (Å²) < 4.78 is 0.435. The minimum atomic E-state index is -0.191. The van der Waals surface area contributed by atoms with Crippen molar-refractivity contribution in [2.24, 2.45) is 0 Å². The number of nitrogens with zero attached hydrogens (tertiary/aromatic N) is 1. The van der Waals surface area contributed by atoms with Crippen LogP contribution in [0.1, 0.15) is 16.8 Å². The summed E-state index contributed by atoms with van der Waals surface area (Å²) in [6.07, 6.45) is 0. The van der Waals surface area contributed by atoms with Crippen molar-refractivity contribution in [1.82, 2.24) is 4.98 Å². The molecule has 1 N–H and O–H groups in total. The van der Waals surface area contributed by atoms with E-state index in [1.807, 2.05) is 6.07 Å². The molecule has 0 radical (unpaired) electrons. The highest BCUT2D eigenvalue weighted by atomic mass is 79.9. The number of rotatable bonds is 0. The van der Waals surface area contributed by atoms with Crippen LogP contribution in [0.3, 0.4) is 0 Å². The third-order valence-electron chi connectivity index (χ3n) is 1.69. The van der Waals surface area contributed by atoms with Crippen molar-refractivity contribution in [3.05, 3.63) is 31.6 Å². The number of aromatic nitrogens is 1. The van der Waals surface area contributed by atoms with E-state index in [0.717, 1.165) is 0 Å². The Morgan fingerprint density at radius 1 is 1.50 bits per heavy atom. The number of hydrogen-bond donors (Lipinski definition) is 1. The number of nitrogens with one attached hydrogen (secondary N) is 1. The summed E-state index contributed by atoms with van der Waals surface area (Å²) in [7, 11) is 0. The molecule has 0 saturated carbocycles. The van der Waals surface area contributed by atoms with E-state index in [1.54, 1.807) is 13.8 Å². The predicted molar refractivity (Wildman–Crippen MR) is 49.0 cm³/mol. The lowest BCUT2D eigenvalue weighted by Crippen LogP contribution is -2.12. The fraction of sp³-hybridized carbons (Fsp3) is 0.250. The Kier molecular flexibility index (Phi) is 2.34. The number of H-pyrrole nitrogens is 1. The minimum absolute atomic E-state index is 0.191. The quantitative estimate of drug-likeness (QED) is 0.732. The van der Waals surface area contributed by atoms with E-state index in [2.05, 4.69) is 20.9 Å². The second kappa shape index (κ2) is 3.11. The van der Waals surface area contributed by atoms with Gasteiger partial charge in [-0.1, -0.05) is 0 Å². The number of aryl methyl sites for hydroxylation is 1. The Hall–Kier alpha value is -1.08. The largest absolute Gasteiger partial charge is 0.324 e. The van der Waals surface area contributed by atoms with Gasteiger partial charge in [0, 0.05) is 5.69 Å². The van der Waals surface area contributed by atoms with Crippen LogP contribution in [0.2, 0.25) is 0 Å². The first kappa shape index (κ1) is 9.01. The molecule has 0 bridgehead atoms. The first-order valence-corrected chi connectivity index (χ1v) is 4.16. The van der Waals surface area contributed by atoms with Crippen LogP contribution in [0.15, 0.2) is 9.27 Å². The molecule has 0 atom stereocenters. The van der Waals surface area contributed by atoms with E-state index < -0.39 is 0 Å². The van der Waals surface area contributed by atoms with Gasteiger partial charge in [-0.15, -0.1) is 0 Å².